The zero-order valence-electron chi connectivity index (χ0n) is 10.5. The lowest BCUT2D eigenvalue weighted by Crippen LogP contribution is -2.17. The highest BCUT2D eigenvalue weighted by Gasteiger charge is 2.23. The summed E-state index contributed by atoms with van der Waals surface area (Å²) < 4.78 is 40.6. The van der Waals surface area contributed by atoms with Crippen LogP contribution in [0.15, 0.2) is 41.3 Å². The molecule has 0 aliphatic carbocycles. The van der Waals surface area contributed by atoms with Gasteiger partial charge in [0.15, 0.2) is 0 Å². The smallest absolute Gasteiger partial charge is 0.146 e. The second kappa shape index (κ2) is 5.40. The zero-order valence-corrected chi connectivity index (χ0v) is 11.3. The van der Waals surface area contributed by atoms with Gasteiger partial charge in [0.25, 0.3) is 0 Å². The molecule has 1 aliphatic heterocycles. The number of fused-ring (bicyclic) bond motifs is 1. The molecular weight excluding hydrogens is 283 g/mol. The molecule has 0 fully saturated rings. The summed E-state index contributed by atoms with van der Waals surface area (Å²) in [5.74, 6) is -0.539. The Bertz CT molecular complexity index is 645. The van der Waals surface area contributed by atoms with E-state index < -0.39 is 11.6 Å². The molecule has 0 saturated carbocycles. The van der Waals surface area contributed by atoms with Gasteiger partial charge in [0.05, 0.1) is 11.7 Å². The Morgan fingerprint density at radius 2 is 1.90 bits per heavy atom. The van der Waals surface area contributed by atoms with E-state index in [0.29, 0.717) is 4.90 Å². The van der Waals surface area contributed by atoms with Crippen molar-refractivity contribution in [3.63, 3.8) is 0 Å². The van der Waals surface area contributed by atoms with Crippen molar-refractivity contribution in [2.75, 3.05) is 11.1 Å². The van der Waals surface area contributed by atoms with Crippen LogP contribution in [0.25, 0.3) is 0 Å². The fraction of sp³-hybridized carbons (Fsp3) is 0.200. The van der Waals surface area contributed by atoms with Gasteiger partial charge in [-0.15, -0.1) is 11.8 Å². The summed E-state index contributed by atoms with van der Waals surface area (Å²) >= 11 is 1.45. The average Bonchev–Trinajstić information content (AvgIpc) is 2.44. The van der Waals surface area contributed by atoms with Gasteiger partial charge in [0, 0.05) is 10.6 Å². The molecule has 1 aliphatic rings. The first-order chi connectivity index (χ1) is 9.65. The maximum absolute atomic E-state index is 13.7. The fourth-order valence-electron chi connectivity index (χ4n) is 2.33. The molecule has 0 saturated heterocycles. The number of nitrogens with one attached hydrogen (secondary N) is 1. The third-order valence-corrected chi connectivity index (χ3v) is 4.44. The molecule has 0 bridgehead atoms. The van der Waals surface area contributed by atoms with Gasteiger partial charge in [-0.1, -0.05) is 12.1 Å². The first-order valence-corrected chi connectivity index (χ1v) is 7.26. The normalized spacial score (nSPS) is 17.6. The maximum atomic E-state index is 13.7. The van der Waals surface area contributed by atoms with Gasteiger partial charge >= 0.3 is 0 Å². The first kappa shape index (κ1) is 13.4. The summed E-state index contributed by atoms with van der Waals surface area (Å²) in [6.07, 6.45) is 0.733. The van der Waals surface area contributed by atoms with Crippen molar-refractivity contribution in [2.24, 2.45) is 0 Å². The molecule has 20 heavy (non-hydrogen) atoms. The van der Waals surface area contributed by atoms with E-state index in [-0.39, 0.29) is 17.5 Å². The Kier molecular flexibility index (Phi) is 3.61. The molecule has 1 atom stereocenters. The monoisotopic (exact) mass is 295 g/mol. The predicted octanol–water partition coefficient (Wildman–Crippen LogP) is 4.75. The van der Waals surface area contributed by atoms with Crippen molar-refractivity contribution in [3.8, 4) is 0 Å². The van der Waals surface area contributed by atoms with E-state index in [2.05, 4.69) is 5.32 Å². The number of rotatable bonds is 2. The minimum absolute atomic E-state index is 0.108. The van der Waals surface area contributed by atoms with Gasteiger partial charge < -0.3 is 5.32 Å². The Morgan fingerprint density at radius 1 is 1.05 bits per heavy atom. The molecule has 0 aromatic heterocycles. The van der Waals surface area contributed by atoms with Gasteiger partial charge in [-0.05, 0) is 36.2 Å². The number of hydrogen-bond acceptors (Lipinski definition) is 2. The molecule has 0 amide bonds. The molecule has 1 N–H and O–H groups in total. The second-order valence-corrected chi connectivity index (χ2v) is 5.72. The van der Waals surface area contributed by atoms with Gasteiger partial charge in [-0.2, -0.15) is 0 Å². The molecule has 104 valence electrons. The summed E-state index contributed by atoms with van der Waals surface area (Å²) in [5.41, 5.74) is 0.905. The Hall–Kier alpha value is -1.62. The van der Waals surface area contributed by atoms with E-state index >= 15 is 0 Å². The summed E-state index contributed by atoms with van der Waals surface area (Å²) in [6, 6.07) is 7.94. The highest BCUT2D eigenvalue weighted by molar-refractivity contribution is 7.99. The first-order valence-electron chi connectivity index (χ1n) is 6.28. The van der Waals surface area contributed by atoms with E-state index in [9.17, 15) is 13.2 Å². The highest BCUT2D eigenvalue weighted by Crippen LogP contribution is 2.39. The molecule has 1 nitrogen and oxygen atoms in total. The lowest BCUT2D eigenvalue weighted by molar-refractivity contribution is 0.580. The molecule has 0 radical (unpaired) electrons. The summed E-state index contributed by atoms with van der Waals surface area (Å²) in [5, 5.41) is 2.98. The molecule has 2 aromatic rings. The van der Waals surface area contributed by atoms with Gasteiger partial charge in [-0.25, -0.2) is 13.2 Å². The van der Waals surface area contributed by atoms with Crippen molar-refractivity contribution in [1.82, 2.24) is 0 Å². The van der Waals surface area contributed by atoms with Crippen LogP contribution in [0.2, 0.25) is 0 Å². The lowest BCUT2D eigenvalue weighted by Gasteiger charge is -2.27. The van der Waals surface area contributed by atoms with E-state index in [0.717, 1.165) is 35.9 Å². The van der Waals surface area contributed by atoms with Crippen LogP contribution in [0, 0.1) is 17.5 Å². The topological polar surface area (TPSA) is 12.0 Å². The third kappa shape index (κ3) is 2.50. The van der Waals surface area contributed by atoms with Crippen LogP contribution in [0.3, 0.4) is 0 Å². The number of anilines is 1. The Morgan fingerprint density at radius 3 is 2.75 bits per heavy atom. The molecule has 1 unspecified atom stereocenters. The average molecular weight is 295 g/mol. The van der Waals surface area contributed by atoms with E-state index in [4.69, 9.17) is 0 Å². The molecule has 2 aromatic carbocycles. The molecule has 3 rings (SSSR count). The quantitative estimate of drug-likeness (QED) is 0.858. The van der Waals surface area contributed by atoms with Crippen LogP contribution in [-0.2, 0) is 0 Å². The standard InChI is InChI=1S/C15H12F3NS/c16-9-4-5-11(17)14(8-9)19-13-6-7-20-15-10(13)2-1-3-12(15)18/h1-5,8,13,19H,6-7H2. The summed E-state index contributed by atoms with van der Waals surface area (Å²) in [7, 11) is 0. The third-order valence-electron chi connectivity index (χ3n) is 3.28. The highest BCUT2D eigenvalue weighted by atomic mass is 32.2. The van der Waals surface area contributed by atoms with Crippen molar-refractivity contribution in [2.45, 2.75) is 17.4 Å². The van der Waals surface area contributed by atoms with Crippen molar-refractivity contribution < 1.29 is 13.2 Å². The molecule has 0 spiro atoms. The fourth-order valence-corrected chi connectivity index (χ4v) is 3.47. The maximum Gasteiger partial charge on any atom is 0.146 e. The summed E-state index contributed by atoms with van der Waals surface area (Å²) in [6.45, 7) is 0. The Labute approximate surface area is 119 Å². The lowest BCUT2D eigenvalue weighted by atomic mass is 10.0. The van der Waals surface area contributed by atoms with Crippen LogP contribution in [-0.4, -0.2) is 5.75 Å². The van der Waals surface area contributed by atoms with Gasteiger partial charge in [0.1, 0.15) is 17.5 Å². The SMILES string of the molecule is Fc1ccc(F)c(NC2CCSc3c(F)cccc32)c1. The van der Waals surface area contributed by atoms with E-state index in [1.165, 1.54) is 17.8 Å². The van der Waals surface area contributed by atoms with Crippen LogP contribution >= 0.6 is 11.8 Å². The van der Waals surface area contributed by atoms with E-state index in [1.54, 1.807) is 6.07 Å². The van der Waals surface area contributed by atoms with Crippen LogP contribution < -0.4 is 5.32 Å². The van der Waals surface area contributed by atoms with Crippen LogP contribution in [0.5, 0.6) is 0 Å². The minimum Gasteiger partial charge on any atom is -0.376 e. The van der Waals surface area contributed by atoms with Gasteiger partial charge in [0.2, 0.25) is 0 Å². The zero-order chi connectivity index (χ0) is 14.1. The van der Waals surface area contributed by atoms with Crippen molar-refractivity contribution in [3.05, 3.63) is 59.4 Å². The second-order valence-electron chi connectivity index (χ2n) is 4.62. The Balaban J connectivity index is 1.94. The summed E-state index contributed by atoms with van der Waals surface area (Å²) in [4.78, 5) is 0.591. The van der Waals surface area contributed by atoms with Crippen molar-refractivity contribution >= 4 is 17.4 Å². The number of benzene rings is 2. The predicted molar refractivity (Wildman–Crippen MR) is 74.5 cm³/mol. The number of halogens is 3. The molecule has 1 heterocycles. The molecular formula is C15H12F3NS. The number of hydrogen-bond donors (Lipinski definition) is 1. The number of thioether (sulfide) groups is 1. The van der Waals surface area contributed by atoms with Crippen LogP contribution in [0.4, 0.5) is 18.9 Å². The molecule has 5 heteroatoms. The minimum atomic E-state index is -0.512. The van der Waals surface area contributed by atoms with Crippen LogP contribution in [0.1, 0.15) is 18.0 Å². The van der Waals surface area contributed by atoms with E-state index in [1.807, 2.05) is 6.07 Å². The van der Waals surface area contributed by atoms with Gasteiger partial charge in [-0.3, -0.25) is 0 Å². The largest absolute Gasteiger partial charge is 0.376 e. The van der Waals surface area contributed by atoms with Crippen molar-refractivity contribution in [1.29, 1.82) is 0 Å².